The van der Waals surface area contributed by atoms with Crippen molar-refractivity contribution in [1.82, 2.24) is 4.90 Å². The molecule has 0 heterocycles. The third-order valence-electron chi connectivity index (χ3n) is 2.57. The van der Waals surface area contributed by atoms with Gasteiger partial charge in [-0.05, 0) is 12.8 Å². The van der Waals surface area contributed by atoms with Gasteiger partial charge in [0, 0.05) is 6.54 Å². The molecular formula is C10H20N2O4. The highest BCUT2D eigenvalue weighted by Crippen LogP contribution is 2.16. The van der Waals surface area contributed by atoms with Gasteiger partial charge in [-0.25, -0.2) is 0 Å². The van der Waals surface area contributed by atoms with Crippen molar-refractivity contribution in [2.75, 3.05) is 19.6 Å². The molecule has 0 aromatic rings. The molecule has 4 N–H and O–H groups in total. The van der Waals surface area contributed by atoms with Crippen LogP contribution in [0.1, 0.15) is 26.7 Å². The van der Waals surface area contributed by atoms with Crippen molar-refractivity contribution in [3.05, 3.63) is 0 Å². The molecule has 0 aromatic carbocycles. The van der Waals surface area contributed by atoms with Gasteiger partial charge in [0.1, 0.15) is 0 Å². The molecule has 0 spiro atoms. The van der Waals surface area contributed by atoms with Crippen molar-refractivity contribution in [3.8, 4) is 0 Å². The minimum absolute atomic E-state index is 0.134. The molecule has 0 radical (unpaired) electrons. The smallest absolute Gasteiger partial charge is 0.317 e. The zero-order valence-electron chi connectivity index (χ0n) is 9.77. The van der Waals surface area contributed by atoms with Gasteiger partial charge >= 0.3 is 5.97 Å². The Morgan fingerprint density at radius 2 is 1.75 bits per heavy atom. The normalized spacial score (nSPS) is 11.8. The molecule has 0 unspecified atom stereocenters. The fraction of sp³-hybridized carbons (Fsp3) is 0.800. The number of nitrogens with zero attached hydrogens (tertiary/aromatic N) is 1. The van der Waals surface area contributed by atoms with Crippen LogP contribution in [0.5, 0.6) is 0 Å². The van der Waals surface area contributed by atoms with Crippen LogP contribution in [0, 0.1) is 0 Å². The first kappa shape index (κ1) is 14.9. The van der Waals surface area contributed by atoms with E-state index in [0.29, 0.717) is 12.8 Å². The van der Waals surface area contributed by atoms with E-state index in [1.165, 1.54) is 4.90 Å². The van der Waals surface area contributed by atoms with E-state index < -0.39 is 17.5 Å². The van der Waals surface area contributed by atoms with Crippen LogP contribution in [0.4, 0.5) is 0 Å². The molecule has 0 fully saturated rings. The van der Waals surface area contributed by atoms with Crippen molar-refractivity contribution in [1.29, 1.82) is 0 Å². The van der Waals surface area contributed by atoms with E-state index >= 15 is 0 Å². The second-order valence-corrected chi connectivity index (χ2v) is 3.94. The lowest BCUT2D eigenvalue weighted by Gasteiger charge is -2.31. The number of nitrogens with two attached hydrogens (primary N) is 1. The number of carboxylic acids is 1. The number of primary amides is 1. The molecule has 0 aromatic heterocycles. The van der Waals surface area contributed by atoms with Crippen molar-refractivity contribution >= 4 is 11.9 Å². The zero-order chi connectivity index (χ0) is 12.8. The van der Waals surface area contributed by atoms with Crippen molar-refractivity contribution in [3.63, 3.8) is 0 Å². The number of carbonyl (C=O) groups excluding carboxylic acids is 1. The van der Waals surface area contributed by atoms with Crippen LogP contribution in [0.15, 0.2) is 0 Å². The lowest BCUT2D eigenvalue weighted by molar-refractivity contribution is -0.139. The molecular weight excluding hydrogens is 212 g/mol. The average molecular weight is 232 g/mol. The molecule has 0 saturated heterocycles. The van der Waals surface area contributed by atoms with Crippen molar-refractivity contribution < 1.29 is 19.8 Å². The summed E-state index contributed by atoms with van der Waals surface area (Å²) in [6.45, 7) is 3.30. The molecule has 0 aliphatic heterocycles. The number of carbonyl (C=O) groups is 2. The van der Waals surface area contributed by atoms with Gasteiger partial charge in [-0.1, -0.05) is 13.8 Å². The Labute approximate surface area is 95.0 Å². The van der Waals surface area contributed by atoms with E-state index in [1.807, 2.05) is 13.8 Å². The number of carboxylic acid groups (broad SMARTS) is 1. The maximum Gasteiger partial charge on any atom is 0.317 e. The standard InChI is InChI=1S/C10H20N2O4/c1-3-10(16,4-2)7-12(5-8(11)13)6-9(14)15/h16H,3-7H2,1-2H3,(H2,11,13)(H,14,15). The Morgan fingerprint density at radius 1 is 1.25 bits per heavy atom. The van der Waals surface area contributed by atoms with Gasteiger partial charge in [0.2, 0.25) is 5.91 Å². The van der Waals surface area contributed by atoms with Gasteiger partial charge in [-0.3, -0.25) is 14.5 Å². The third-order valence-corrected chi connectivity index (χ3v) is 2.57. The van der Waals surface area contributed by atoms with Crippen LogP contribution in [-0.2, 0) is 9.59 Å². The first-order valence-electron chi connectivity index (χ1n) is 5.27. The molecule has 16 heavy (non-hydrogen) atoms. The number of aliphatic hydroxyl groups is 1. The fourth-order valence-corrected chi connectivity index (χ4v) is 1.47. The summed E-state index contributed by atoms with van der Waals surface area (Å²) < 4.78 is 0. The first-order chi connectivity index (χ1) is 7.33. The van der Waals surface area contributed by atoms with Gasteiger partial charge in [0.25, 0.3) is 0 Å². The molecule has 94 valence electrons. The van der Waals surface area contributed by atoms with Gasteiger partial charge < -0.3 is 15.9 Å². The van der Waals surface area contributed by atoms with Gasteiger partial charge in [-0.2, -0.15) is 0 Å². The Balaban J connectivity index is 4.51. The fourth-order valence-electron chi connectivity index (χ4n) is 1.47. The van der Waals surface area contributed by atoms with E-state index in [1.54, 1.807) is 0 Å². The summed E-state index contributed by atoms with van der Waals surface area (Å²) in [5.74, 6) is -1.65. The second kappa shape index (κ2) is 6.44. The van der Waals surface area contributed by atoms with Crippen LogP contribution in [0.2, 0.25) is 0 Å². The summed E-state index contributed by atoms with van der Waals surface area (Å²) in [6.07, 6.45) is 0.997. The second-order valence-electron chi connectivity index (χ2n) is 3.94. The predicted molar refractivity (Wildman–Crippen MR) is 58.8 cm³/mol. The molecule has 6 heteroatoms. The number of aliphatic carboxylic acids is 1. The van der Waals surface area contributed by atoms with Crippen LogP contribution < -0.4 is 5.73 Å². The molecule has 0 aliphatic carbocycles. The highest BCUT2D eigenvalue weighted by Gasteiger charge is 2.27. The summed E-state index contributed by atoms with van der Waals surface area (Å²) in [6, 6.07) is 0. The van der Waals surface area contributed by atoms with E-state index in [4.69, 9.17) is 10.8 Å². The van der Waals surface area contributed by atoms with E-state index in [0.717, 1.165) is 0 Å². The minimum atomic E-state index is -1.05. The first-order valence-corrected chi connectivity index (χ1v) is 5.27. The predicted octanol–water partition coefficient (Wildman–Crippen LogP) is -0.591. The van der Waals surface area contributed by atoms with E-state index in [9.17, 15) is 14.7 Å². The summed E-state index contributed by atoms with van der Waals surface area (Å²) in [4.78, 5) is 22.7. The third kappa shape index (κ3) is 5.67. The lowest BCUT2D eigenvalue weighted by Crippen LogP contribution is -2.47. The molecule has 1 amide bonds. The summed E-state index contributed by atoms with van der Waals surface area (Å²) in [5.41, 5.74) is 4.05. The van der Waals surface area contributed by atoms with Crippen molar-refractivity contribution in [2.24, 2.45) is 5.73 Å². The van der Waals surface area contributed by atoms with Crippen LogP contribution >= 0.6 is 0 Å². The highest BCUT2D eigenvalue weighted by molar-refractivity contribution is 5.77. The number of rotatable bonds is 8. The van der Waals surface area contributed by atoms with E-state index in [2.05, 4.69) is 0 Å². The topological polar surface area (TPSA) is 104 Å². The highest BCUT2D eigenvalue weighted by atomic mass is 16.4. The Hall–Kier alpha value is -1.14. The molecule has 0 rings (SSSR count). The Bertz CT molecular complexity index is 235. The number of amides is 1. The van der Waals surface area contributed by atoms with Gasteiger partial charge in [0.05, 0.1) is 18.7 Å². The SMILES string of the molecule is CCC(O)(CC)CN(CC(N)=O)CC(=O)O. The molecule has 0 bridgehead atoms. The van der Waals surface area contributed by atoms with Crippen LogP contribution in [-0.4, -0.2) is 52.2 Å². The largest absolute Gasteiger partial charge is 0.480 e. The maximum atomic E-state index is 10.8. The molecule has 0 atom stereocenters. The number of hydrogen-bond donors (Lipinski definition) is 3. The van der Waals surface area contributed by atoms with E-state index in [-0.39, 0.29) is 19.6 Å². The molecule has 6 nitrogen and oxygen atoms in total. The average Bonchev–Trinajstić information content (AvgIpc) is 2.15. The summed E-state index contributed by atoms with van der Waals surface area (Å²) in [5, 5.41) is 18.7. The minimum Gasteiger partial charge on any atom is -0.480 e. The Kier molecular flexibility index (Phi) is 5.98. The zero-order valence-corrected chi connectivity index (χ0v) is 9.77. The summed E-state index contributed by atoms with van der Waals surface area (Å²) >= 11 is 0. The monoisotopic (exact) mass is 232 g/mol. The quantitative estimate of drug-likeness (QED) is 0.519. The Morgan fingerprint density at radius 3 is 2.06 bits per heavy atom. The maximum absolute atomic E-state index is 10.8. The van der Waals surface area contributed by atoms with Gasteiger partial charge in [0.15, 0.2) is 0 Å². The molecule has 0 aliphatic rings. The van der Waals surface area contributed by atoms with Crippen LogP contribution in [0.3, 0.4) is 0 Å². The van der Waals surface area contributed by atoms with Crippen molar-refractivity contribution in [2.45, 2.75) is 32.3 Å². The lowest BCUT2D eigenvalue weighted by atomic mass is 9.97. The van der Waals surface area contributed by atoms with Gasteiger partial charge in [-0.15, -0.1) is 0 Å². The molecule has 0 saturated carbocycles. The summed E-state index contributed by atoms with van der Waals surface area (Å²) in [7, 11) is 0. The number of hydrogen-bond acceptors (Lipinski definition) is 4. The van der Waals surface area contributed by atoms with Crippen LogP contribution in [0.25, 0.3) is 0 Å².